The van der Waals surface area contributed by atoms with Gasteiger partial charge in [0.25, 0.3) is 0 Å². The van der Waals surface area contributed by atoms with Crippen LogP contribution in [0.5, 0.6) is 0 Å². The highest BCUT2D eigenvalue weighted by molar-refractivity contribution is 9.10. The maximum atomic E-state index is 12.4. The number of carbonyl (C=O) groups excluding carboxylic acids is 1. The van der Waals surface area contributed by atoms with Crippen LogP contribution in [0.1, 0.15) is 25.1 Å². The van der Waals surface area contributed by atoms with Crippen molar-refractivity contribution < 1.29 is 14.7 Å². The van der Waals surface area contributed by atoms with Gasteiger partial charge >= 0.3 is 12.0 Å². The summed E-state index contributed by atoms with van der Waals surface area (Å²) in [7, 11) is 1.73. The normalized spacial score (nSPS) is 10.7. The van der Waals surface area contributed by atoms with Gasteiger partial charge in [-0.05, 0) is 35.8 Å². The van der Waals surface area contributed by atoms with E-state index in [-0.39, 0.29) is 25.0 Å². The SMILES string of the molecule is CC(C)N(CCC(=O)O)C(=O)N(C)Cc1cc(Br)cs1. The highest BCUT2D eigenvalue weighted by Gasteiger charge is 2.21. The predicted molar refractivity (Wildman–Crippen MR) is 83.0 cm³/mol. The second kappa shape index (κ2) is 7.64. The van der Waals surface area contributed by atoms with Crippen LogP contribution in [0.3, 0.4) is 0 Å². The molecule has 20 heavy (non-hydrogen) atoms. The maximum absolute atomic E-state index is 12.4. The minimum Gasteiger partial charge on any atom is -0.481 e. The number of hydrogen-bond donors (Lipinski definition) is 1. The Morgan fingerprint density at radius 1 is 1.45 bits per heavy atom. The van der Waals surface area contributed by atoms with Crippen molar-refractivity contribution in [3.63, 3.8) is 0 Å². The quantitative estimate of drug-likeness (QED) is 0.844. The molecule has 0 fully saturated rings. The third-order valence-electron chi connectivity index (χ3n) is 2.78. The fourth-order valence-corrected chi connectivity index (χ4v) is 3.25. The summed E-state index contributed by atoms with van der Waals surface area (Å²) in [5.74, 6) is -0.895. The summed E-state index contributed by atoms with van der Waals surface area (Å²) < 4.78 is 1.00. The van der Waals surface area contributed by atoms with E-state index in [0.717, 1.165) is 9.35 Å². The van der Waals surface area contributed by atoms with E-state index in [4.69, 9.17) is 5.11 Å². The first kappa shape index (κ1) is 17.0. The number of amides is 2. The van der Waals surface area contributed by atoms with Gasteiger partial charge in [-0.1, -0.05) is 0 Å². The smallest absolute Gasteiger partial charge is 0.320 e. The van der Waals surface area contributed by atoms with Gasteiger partial charge in [-0.2, -0.15) is 0 Å². The number of nitrogens with zero attached hydrogens (tertiary/aromatic N) is 2. The van der Waals surface area contributed by atoms with Crippen molar-refractivity contribution in [3.8, 4) is 0 Å². The molecule has 0 aliphatic heterocycles. The molecule has 1 rings (SSSR count). The van der Waals surface area contributed by atoms with Crippen LogP contribution in [0.2, 0.25) is 0 Å². The summed E-state index contributed by atoms with van der Waals surface area (Å²) >= 11 is 4.96. The molecular formula is C13H19BrN2O3S. The summed E-state index contributed by atoms with van der Waals surface area (Å²) in [6.45, 7) is 4.51. The fraction of sp³-hybridized carbons (Fsp3) is 0.538. The van der Waals surface area contributed by atoms with Crippen molar-refractivity contribution in [2.45, 2.75) is 32.9 Å². The highest BCUT2D eigenvalue weighted by atomic mass is 79.9. The number of urea groups is 1. The highest BCUT2D eigenvalue weighted by Crippen LogP contribution is 2.21. The molecule has 0 unspecified atom stereocenters. The molecule has 5 nitrogen and oxygen atoms in total. The first-order valence-corrected chi connectivity index (χ1v) is 7.95. The van der Waals surface area contributed by atoms with Gasteiger partial charge in [0.05, 0.1) is 13.0 Å². The number of rotatable bonds is 6. The van der Waals surface area contributed by atoms with E-state index in [9.17, 15) is 9.59 Å². The zero-order chi connectivity index (χ0) is 15.3. The van der Waals surface area contributed by atoms with Crippen molar-refractivity contribution in [1.29, 1.82) is 0 Å². The third kappa shape index (κ3) is 5.13. The van der Waals surface area contributed by atoms with E-state index in [0.29, 0.717) is 6.54 Å². The number of carbonyl (C=O) groups is 2. The number of carboxylic acid groups (broad SMARTS) is 1. The van der Waals surface area contributed by atoms with Crippen LogP contribution in [0.25, 0.3) is 0 Å². The van der Waals surface area contributed by atoms with Crippen molar-refractivity contribution in [3.05, 3.63) is 20.8 Å². The van der Waals surface area contributed by atoms with Gasteiger partial charge in [0.1, 0.15) is 0 Å². The molecular weight excluding hydrogens is 344 g/mol. The molecule has 1 aromatic rings. The molecule has 7 heteroatoms. The van der Waals surface area contributed by atoms with E-state index < -0.39 is 5.97 Å². The van der Waals surface area contributed by atoms with Gasteiger partial charge in [0, 0.05) is 34.4 Å². The minimum absolute atomic E-state index is 0.0284. The van der Waals surface area contributed by atoms with E-state index in [2.05, 4.69) is 15.9 Å². The minimum atomic E-state index is -0.895. The van der Waals surface area contributed by atoms with E-state index >= 15 is 0 Å². The van der Waals surface area contributed by atoms with Crippen LogP contribution in [-0.4, -0.2) is 46.5 Å². The summed E-state index contributed by atoms with van der Waals surface area (Å²) in [6.07, 6.45) is -0.0394. The van der Waals surface area contributed by atoms with E-state index in [1.54, 1.807) is 28.2 Å². The van der Waals surface area contributed by atoms with Crippen LogP contribution in [0, 0.1) is 0 Å². The molecule has 0 saturated carbocycles. The van der Waals surface area contributed by atoms with Gasteiger partial charge in [0.2, 0.25) is 0 Å². The molecule has 0 saturated heterocycles. The Morgan fingerprint density at radius 2 is 2.10 bits per heavy atom. The molecule has 0 atom stereocenters. The second-order valence-electron chi connectivity index (χ2n) is 4.80. The van der Waals surface area contributed by atoms with Gasteiger partial charge in [0.15, 0.2) is 0 Å². The van der Waals surface area contributed by atoms with Gasteiger partial charge in [-0.25, -0.2) is 4.79 Å². The molecule has 112 valence electrons. The molecule has 0 aromatic carbocycles. The zero-order valence-corrected chi connectivity index (χ0v) is 14.2. The van der Waals surface area contributed by atoms with Gasteiger partial charge in [-0.15, -0.1) is 11.3 Å². The van der Waals surface area contributed by atoms with Crippen LogP contribution < -0.4 is 0 Å². The molecule has 2 amide bonds. The molecule has 0 aliphatic carbocycles. The molecule has 1 aromatic heterocycles. The second-order valence-corrected chi connectivity index (χ2v) is 6.71. The first-order chi connectivity index (χ1) is 9.31. The lowest BCUT2D eigenvalue weighted by molar-refractivity contribution is -0.137. The summed E-state index contributed by atoms with van der Waals surface area (Å²) in [5, 5.41) is 10.7. The molecule has 0 aliphatic rings. The Bertz CT molecular complexity index is 476. The lowest BCUT2D eigenvalue weighted by Crippen LogP contribution is -2.45. The monoisotopic (exact) mass is 362 g/mol. The van der Waals surface area contributed by atoms with Crippen molar-refractivity contribution in [1.82, 2.24) is 9.80 Å². The predicted octanol–water partition coefficient (Wildman–Crippen LogP) is 3.25. The summed E-state index contributed by atoms with van der Waals surface area (Å²) in [5.41, 5.74) is 0. The average molecular weight is 363 g/mol. The van der Waals surface area contributed by atoms with E-state index in [1.165, 1.54) is 0 Å². The van der Waals surface area contributed by atoms with E-state index in [1.807, 2.05) is 25.3 Å². The largest absolute Gasteiger partial charge is 0.481 e. The summed E-state index contributed by atoms with van der Waals surface area (Å²) in [6, 6.07) is 1.80. The first-order valence-electron chi connectivity index (χ1n) is 6.27. The van der Waals surface area contributed by atoms with Gasteiger partial charge < -0.3 is 14.9 Å². The third-order valence-corrected chi connectivity index (χ3v) is 4.46. The van der Waals surface area contributed by atoms with Crippen LogP contribution in [-0.2, 0) is 11.3 Å². The molecule has 0 spiro atoms. The summed E-state index contributed by atoms with van der Waals surface area (Å²) in [4.78, 5) is 27.3. The van der Waals surface area contributed by atoms with Gasteiger partial charge in [-0.3, -0.25) is 4.79 Å². The van der Waals surface area contributed by atoms with Crippen LogP contribution in [0.4, 0.5) is 4.79 Å². The number of aliphatic carboxylic acids is 1. The van der Waals surface area contributed by atoms with Crippen LogP contribution >= 0.6 is 27.3 Å². The Morgan fingerprint density at radius 3 is 2.55 bits per heavy atom. The zero-order valence-electron chi connectivity index (χ0n) is 11.8. The average Bonchev–Trinajstić information content (AvgIpc) is 2.73. The Labute approximate surface area is 131 Å². The lowest BCUT2D eigenvalue weighted by atomic mass is 10.3. The maximum Gasteiger partial charge on any atom is 0.320 e. The molecule has 0 radical (unpaired) electrons. The van der Waals surface area contributed by atoms with Crippen molar-refractivity contribution >= 4 is 39.3 Å². The molecule has 0 bridgehead atoms. The number of thiophene rings is 1. The number of halogens is 1. The standard InChI is InChI=1S/C13H19BrN2O3S/c1-9(2)16(5-4-12(17)18)13(19)15(3)7-11-6-10(14)8-20-11/h6,8-9H,4-5,7H2,1-3H3,(H,17,18). The molecule has 1 heterocycles. The Balaban J connectivity index is 2.65. The number of carboxylic acids is 1. The molecule has 1 N–H and O–H groups in total. The topological polar surface area (TPSA) is 60.9 Å². The Kier molecular flexibility index (Phi) is 6.48. The van der Waals surface area contributed by atoms with Crippen molar-refractivity contribution in [2.24, 2.45) is 0 Å². The number of hydrogen-bond acceptors (Lipinski definition) is 3. The lowest BCUT2D eigenvalue weighted by Gasteiger charge is -2.30. The Hall–Kier alpha value is -1.08. The van der Waals surface area contributed by atoms with Crippen molar-refractivity contribution in [2.75, 3.05) is 13.6 Å². The van der Waals surface area contributed by atoms with Crippen LogP contribution in [0.15, 0.2) is 15.9 Å². The fourth-order valence-electron chi connectivity index (χ4n) is 1.75.